The van der Waals surface area contributed by atoms with Crippen LogP contribution >= 0.6 is 0 Å². The second-order valence-corrected chi connectivity index (χ2v) is 5.58. The molecule has 1 atom stereocenters. The number of aromatic nitrogens is 5. The molecular weight excluding hydrogens is 370 g/mol. The number of anilines is 1. The zero-order valence-corrected chi connectivity index (χ0v) is 13.8. The van der Waals surface area contributed by atoms with Crippen LogP contribution in [0.2, 0.25) is 0 Å². The Kier molecular flexibility index (Phi) is 4.88. The lowest BCUT2D eigenvalue weighted by molar-refractivity contribution is -0.138. The van der Waals surface area contributed by atoms with Gasteiger partial charge in [-0.2, -0.15) is 13.2 Å². The molecule has 0 radical (unpaired) electrons. The highest BCUT2D eigenvalue weighted by Gasteiger charge is 2.29. The minimum atomic E-state index is -4.54. The summed E-state index contributed by atoms with van der Waals surface area (Å²) in [7, 11) is 0. The lowest BCUT2D eigenvalue weighted by Gasteiger charge is -2.16. The van der Waals surface area contributed by atoms with Crippen LogP contribution in [0.15, 0.2) is 24.9 Å². The summed E-state index contributed by atoms with van der Waals surface area (Å²) in [6.45, 7) is -0.197. The molecule has 0 saturated heterocycles. The van der Waals surface area contributed by atoms with E-state index in [-0.39, 0.29) is 11.6 Å². The number of halogens is 4. The molecule has 0 aliphatic rings. The third-order valence-electron chi connectivity index (χ3n) is 3.55. The monoisotopic (exact) mass is 383 g/mol. The molecule has 3 aromatic heterocycles. The van der Waals surface area contributed by atoms with Gasteiger partial charge in [-0.3, -0.25) is 4.79 Å². The Balaban J connectivity index is 1.80. The number of aromatic amines is 1. The maximum Gasteiger partial charge on any atom is 0.405 e. The van der Waals surface area contributed by atoms with E-state index in [4.69, 9.17) is 0 Å². The van der Waals surface area contributed by atoms with Crippen molar-refractivity contribution in [3.63, 3.8) is 0 Å². The van der Waals surface area contributed by atoms with Crippen molar-refractivity contribution in [1.82, 2.24) is 30.2 Å². The van der Waals surface area contributed by atoms with E-state index in [1.807, 2.05) is 0 Å². The van der Waals surface area contributed by atoms with Gasteiger partial charge in [-0.15, -0.1) is 0 Å². The third-order valence-corrected chi connectivity index (χ3v) is 3.55. The molecule has 0 bridgehead atoms. The summed E-state index contributed by atoms with van der Waals surface area (Å²) in [6, 6.07) is -1.16. The largest absolute Gasteiger partial charge is 0.405 e. The molecule has 8 nitrogen and oxygen atoms in total. The Morgan fingerprint density at radius 3 is 2.81 bits per heavy atom. The van der Waals surface area contributed by atoms with Gasteiger partial charge in [0.1, 0.15) is 24.6 Å². The maximum absolute atomic E-state index is 14.0. The number of H-pyrrole nitrogens is 1. The van der Waals surface area contributed by atoms with Crippen LogP contribution < -0.4 is 10.6 Å². The number of rotatable bonds is 5. The summed E-state index contributed by atoms with van der Waals surface area (Å²) in [5.74, 6) is -2.00. The van der Waals surface area contributed by atoms with Gasteiger partial charge in [-0.05, 0) is 6.92 Å². The predicted octanol–water partition coefficient (Wildman–Crippen LogP) is 2.03. The molecule has 12 heteroatoms. The molecule has 0 aliphatic carbocycles. The van der Waals surface area contributed by atoms with E-state index < -0.39 is 30.5 Å². The number of nitrogens with zero attached hydrogens (tertiary/aromatic N) is 4. The van der Waals surface area contributed by atoms with Crippen molar-refractivity contribution in [2.24, 2.45) is 0 Å². The van der Waals surface area contributed by atoms with E-state index in [9.17, 15) is 22.4 Å². The molecule has 0 spiro atoms. The topological polar surface area (TPSA) is 108 Å². The molecule has 0 aliphatic heterocycles. The van der Waals surface area contributed by atoms with E-state index in [1.54, 1.807) is 11.5 Å². The number of nitrogens with one attached hydrogen (secondary N) is 3. The summed E-state index contributed by atoms with van der Waals surface area (Å²) in [6.07, 6.45) is 0.799. The number of fused-ring (bicyclic) bond motifs is 1. The first-order chi connectivity index (χ1) is 12.7. The van der Waals surface area contributed by atoms with Gasteiger partial charge >= 0.3 is 6.18 Å². The smallest absolute Gasteiger partial charge is 0.356 e. The minimum absolute atomic E-state index is 0.128. The molecule has 3 heterocycles. The molecule has 0 aromatic carbocycles. The number of carbonyl (C=O) groups excluding carboxylic acids is 1. The average Bonchev–Trinajstić information content (AvgIpc) is 3.05. The first-order valence-corrected chi connectivity index (χ1v) is 7.65. The number of carbonyl (C=O) groups is 1. The summed E-state index contributed by atoms with van der Waals surface area (Å²) in [4.78, 5) is 30.5. The Labute approximate surface area is 149 Å². The number of hydrogen-bond donors (Lipinski definition) is 3. The zero-order valence-electron chi connectivity index (χ0n) is 13.8. The van der Waals surface area contributed by atoms with Gasteiger partial charge in [0.25, 0.3) is 0 Å². The van der Waals surface area contributed by atoms with Gasteiger partial charge in [-0.25, -0.2) is 24.3 Å². The van der Waals surface area contributed by atoms with E-state index in [0.717, 1.165) is 6.20 Å². The molecule has 3 N–H and O–H groups in total. The highest BCUT2D eigenvalue weighted by atomic mass is 19.4. The van der Waals surface area contributed by atoms with Crippen LogP contribution in [-0.4, -0.2) is 49.6 Å². The first kappa shape index (κ1) is 18.5. The molecule has 27 heavy (non-hydrogen) atoms. The van der Waals surface area contributed by atoms with Crippen molar-refractivity contribution in [2.75, 3.05) is 11.9 Å². The van der Waals surface area contributed by atoms with Gasteiger partial charge in [0.05, 0.1) is 6.20 Å². The zero-order chi connectivity index (χ0) is 19.6. The Bertz CT molecular complexity index is 972. The fourth-order valence-electron chi connectivity index (χ4n) is 2.25. The van der Waals surface area contributed by atoms with Crippen molar-refractivity contribution in [1.29, 1.82) is 0 Å². The molecule has 0 saturated carbocycles. The van der Waals surface area contributed by atoms with E-state index in [0.29, 0.717) is 16.6 Å². The number of alkyl halides is 3. The van der Waals surface area contributed by atoms with Crippen LogP contribution in [-0.2, 0) is 4.79 Å². The van der Waals surface area contributed by atoms with E-state index in [1.165, 1.54) is 19.4 Å². The van der Waals surface area contributed by atoms with Gasteiger partial charge in [0.15, 0.2) is 17.5 Å². The standard InChI is InChI=1S/C15H13F4N7O/c1-7(14(27)23-5-15(17,18)19)25-13-10(16)4-22-12(26-13)9-3-21-11-8(9)2-20-6-24-11/h2-4,6-7H,5H2,1H3,(H,23,27)(H,20,21,24)(H,22,25,26)/t7-/m1/s1. The minimum Gasteiger partial charge on any atom is -0.356 e. The second-order valence-electron chi connectivity index (χ2n) is 5.58. The Morgan fingerprint density at radius 2 is 2.07 bits per heavy atom. The normalized spacial score (nSPS) is 12.8. The quantitative estimate of drug-likeness (QED) is 0.582. The van der Waals surface area contributed by atoms with Gasteiger partial charge in [0, 0.05) is 23.3 Å². The third kappa shape index (κ3) is 4.27. The molecule has 142 valence electrons. The highest BCUT2D eigenvalue weighted by Crippen LogP contribution is 2.25. The van der Waals surface area contributed by atoms with Gasteiger partial charge < -0.3 is 15.6 Å². The van der Waals surface area contributed by atoms with Crippen molar-refractivity contribution >= 4 is 22.8 Å². The van der Waals surface area contributed by atoms with E-state index in [2.05, 4.69) is 30.2 Å². The lowest BCUT2D eigenvalue weighted by Crippen LogP contribution is -2.42. The van der Waals surface area contributed by atoms with Crippen molar-refractivity contribution < 1.29 is 22.4 Å². The Hall–Kier alpha value is -3.31. The molecular formula is C15H13F4N7O. The first-order valence-electron chi connectivity index (χ1n) is 7.65. The van der Waals surface area contributed by atoms with Gasteiger partial charge in [-0.1, -0.05) is 0 Å². The SMILES string of the molecule is C[C@@H](Nc1nc(-c2c[nH]c3ncncc23)ncc1F)C(=O)NCC(F)(F)F. The molecule has 0 unspecified atom stereocenters. The molecule has 0 fully saturated rings. The van der Waals surface area contributed by atoms with Crippen LogP contribution in [0.25, 0.3) is 22.4 Å². The summed E-state index contributed by atoms with van der Waals surface area (Å²) in [5, 5.41) is 4.77. The van der Waals surface area contributed by atoms with Crippen LogP contribution in [0, 0.1) is 5.82 Å². The number of hydrogen-bond acceptors (Lipinski definition) is 6. The lowest BCUT2D eigenvalue weighted by atomic mass is 10.2. The fourth-order valence-corrected chi connectivity index (χ4v) is 2.25. The maximum atomic E-state index is 14.0. The van der Waals surface area contributed by atoms with Crippen molar-refractivity contribution in [3.8, 4) is 11.4 Å². The van der Waals surface area contributed by atoms with Crippen LogP contribution in [0.3, 0.4) is 0 Å². The van der Waals surface area contributed by atoms with E-state index >= 15 is 0 Å². The summed E-state index contributed by atoms with van der Waals surface area (Å²) in [5.41, 5.74) is 1.03. The van der Waals surface area contributed by atoms with Crippen LogP contribution in [0.5, 0.6) is 0 Å². The van der Waals surface area contributed by atoms with Crippen molar-refractivity contribution in [2.45, 2.75) is 19.1 Å². The fraction of sp³-hybridized carbons (Fsp3) is 0.267. The average molecular weight is 383 g/mol. The summed E-state index contributed by atoms with van der Waals surface area (Å²) >= 11 is 0. The van der Waals surface area contributed by atoms with Crippen LogP contribution in [0.1, 0.15) is 6.92 Å². The highest BCUT2D eigenvalue weighted by molar-refractivity contribution is 5.91. The van der Waals surface area contributed by atoms with Crippen LogP contribution in [0.4, 0.5) is 23.4 Å². The molecule has 3 rings (SSSR count). The van der Waals surface area contributed by atoms with Crippen molar-refractivity contribution in [3.05, 3.63) is 30.7 Å². The Morgan fingerprint density at radius 1 is 1.30 bits per heavy atom. The molecule has 1 amide bonds. The summed E-state index contributed by atoms with van der Waals surface area (Å²) < 4.78 is 50.5. The molecule has 3 aromatic rings. The number of amides is 1. The predicted molar refractivity (Wildman–Crippen MR) is 87.0 cm³/mol. The second kappa shape index (κ2) is 7.13. The van der Waals surface area contributed by atoms with Gasteiger partial charge in [0.2, 0.25) is 5.91 Å².